The summed E-state index contributed by atoms with van der Waals surface area (Å²) in [6.07, 6.45) is 3.80. The van der Waals surface area contributed by atoms with Gasteiger partial charge in [0.15, 0.2) is 7.14 Å². The molecule has 0 saturated heterocycles. The summed E-state index contributed by atoms with van der Waals surface area (Å²) < 4.78 is 15.0. The Hall–Kier alpha value is -2.89. The Balaban J connectivity index is 1.71. The minimum Gasteiger partial charge on any atom is -0.309 e. The molecule has 0 atom stereocenters. The van der Waals surface area contributed by atoms with Crippen molar-refractivity contribution in [2.75, 3.05) is 0 Å². The van der Waals surface area contributed by atoms with Crippen LogP contribution in [-0.4, -0.2) is 0 Å². The van der Waals surface area contributed by atoms with Crippen molar-refractivity contribution >= 4 is 23.1 Å². The van der Waals surface area contributed by atoms with Gasteiger partial charge in [-0.1, -0.05) is 97.1 Å². The highest BCUT2D eigenvalue weighted by molar-refractivity contribution is 7.85. The molecule has 4 aliphatic rings. The first kappa shape index (κ1) is 19.1. The van der Waals surface area contributed by atoms with Crippen LogP contribution >= 0.6 is 7.14 Å². The predicted octanol–water partition coefficient (Wildman–Crippen LogP) is 5.21. The highest BCUT2D eigenvalue weighted by Crippen LogP contribution is 2.43. The molecule has 4 aromatic carbocycles. The molecule has 4 aliphatic carbocycles. The van der Waals surface area contributed by atoms with Gasteiger partial charge in [-0.3, -0.25) is 0 Å². The van der Waals surface area contributed by atoms with E-state index < -0.39 is 7.14 Å². The SMILES string of the molecule is O=P(c1ccccc1)(c1ccccc1)c1cc2ccc1CCc1ccc(cc1)CC2. The monoisotopic (exact) mass is 408 g/mol. The Kier molecular flexibility index (Phi) is 5.15. The molecule has 0 N–H and O–H groups in total. The molecule has 1 nitrogen and oxygen atoms in total. The highest BCUT2D eigenvalue weighted by Gasteiger charge is 2.32. The van der Waals surface area contributed by atoms with Gasteiger partial charge in [0.2, 0.25) is 0 Å². The Morgan fingerprint density at radius 3 is 1.53 bits per heavy atom. The van der Waals surface area contributed by atoms with Crippen LogP contribution in [0.15, 0.2) is 103 Å². The summed E-state index contributed by atoms with van der Waals surface area (Å²) in [6.45, 7) is 0. The van der Waals surface area contributed by atoms with Crippen LogP contribution in [0.25, 0.3) is 0 Å². The zero-order valence-corrected chi connectivity index (χ0v) is 17.9. The van der Waals surface area contributed by atoms with Crippen molar-refractivity contribution in [3.8, 4) is 0 Å². The summed E-state index contributed by atoms with van der Waals surface area (Å²) in [4.78, 5) is 0. The third kappa shape index (κ3) is 3.55. The molecule has 0 amide bonds. The summed E-state index contributed by atoms with van der Waals surface area (Å²) in [5.41, 5.74) is 5.15. The molecule has 148 valence electrons. The summed E-state index contributed by atoms with van der Waals surface area (Å²) >= 11 is 0. The van der Waals surface area contributed by atoms with E-state index in [0.29, 0.717) is 0 Å². The van der Waals surface area contributed by atoms with Crippen molar-refractivity contribution in [3.05, 3.63) is 125 Å². The zero-order chi connectivity index (χ0) is 20.4. The first-order chi connectivity index (χ1) is 14.7. The van der Waals surface area contributed by atoms with Gasteiger partial charge in [0.25, 0.3) is 0 Å². The van der Waals surface area contributed by atoms with Crippen LogP contribution in [0.1, 0.15) is 22.3 Å². The molecule has 4 bridgehead atoms. The van der Waals surface area contributed by atoms with Crippen molar-refractivity contribution in [1.29, 1.82) is 0 Å². The lowest BCUT2D eigenvalue weighted by Gasteiger charge is -2.24. The molecular weight excluding hydrogens is 383 g/mol. The summed E-state index contributed by atoms with van der Waals surface area (Å²) in [5, 5.41) is 2.82. The fourth-order valence-corrected chi connectivity index (χ4v) is 7.39. The Morgan fingerprint density at radius 1 is 0.500 bits per heavy atom. The van der Waals surface area contributed by atoms with Gasteiger partial charge >= 0.3 is 0 Å². The highest BCUT2D eigenvalue weighted by atomic mass is 31.2. The average Bonchev–Trinajstić information content (AvgIpc) is 2.81. The second-order valence-corrected chi connectivity index (χ2v) is 10.8. The summed E-state index contributed by atoms with van der Waals surface area (Å²) in [7, 11) is -2.96. The van der Waals surface area contributed by atoms with Crippen molar-refractivity contribution < 1.29 is 4.57 Å². The minimum absolute atomic E-state index is 0.888. The molecule has 0 radical (unpaired) electrons. The maximum absolute atomic E-state index is 15.0. The lowest BCUT2D eigenvalue weighted by Crippen LogP contribution is -2.28. The summed E-state index contributed by atoms with van der Waals surface area (Å²) in [6, 6.07) is 35.7. The van der Waals surface area contributed by atoms with E-state index in [9.17, 15) is 4.57 Å². The first-order valence-corrected chi connectivity index (χ1v) is 12.4. The Labute approximate surface area is 178 Å². The lowest BCUT2D eigenvalue weighted by molar-refractivity contribution is 0.592. The molecule has 0 spiro atoms. The van der Waals surface area contributed by atoms with Gasteiger partial charge in [0, 0.05) is 15.9 Å². The van der Waals surface area contributed by atoms with E-state index in [1.54, 1.807) is 0 Å². The molecule has 0 aliphatic heterocycles. The normalized spacial score (nSPS) is 13.6. The molecule has 0 unspecified atom stereocenters. The van der Waals surface area contributed by atoms with E-state index in [-0.39, 0.29) is 0 Å². The van der Waals surface area contributed by atoms with E-state index in [1.807, 2.05) is 60.7 Å². The van der Waals surface area contributed by atoms with Crippen molar-refractivity contribution in [2.45, 2.75) is 25.7 Å². The average molecular weight is 408 g/mol. The maximum atomic E-state index is 15.0. The van der Waals surface area contributed by atoms with Crippen LogP contribution in [0, 0.1) is 0 Å². The first-order valence-electron chi connectivity index (χ1n) is 10.6. The number of benzene rings is 4. The molecule has 8 rings (SSSR count). The van der Waals surface area contributed by atoms with Crippen molar-refractivity contribution in [2.24, 2.45) is 0 Å². The van der Waals surface area contributed by atoms with Gasteiger partial charge in [-0.2, -0.15) is 0 Å². The largest absolute Gasteiger partial charge is 0.309 e. The van der Waals surface area contributed by atoms with Crippen LogP contribution in [0.3, 0.4) is 0 Å². The van der Waals surface area contributed by atoms with Gasteiger partial charge in [-0.15, -0.1) is 0 Å². The maximum Gasteiger partial charge on any atom is 0.171 e. The predicted molar refractivity (Wildman–Crippen MR) is 127 cm³/mol. The quantitative estimate of drug-likeness (QED) is 0.425. The van der Waals surface area contributed by atoms with Crippen LogP contribution in [-0.2, 0) is 30.2 Å². The molecule has 0 aromatic heterocycles. The van der Waals surface area contributed by atoms with Gasteiger partial charge in [0.1, 0.15) is 0 Å². The van der Waals surface area contributed by atoms with Crippen LogP contribution < -0.4 is 15.9 Å². The molecule has 0 heterocycles. The topological polar surface area (TPSA) is 17.1 Å². The van der Waals surface area contributed by atoms with Crippen LogP contribution in [0.5, 0.6) is 0 Å². The number of rotatable bonds is 3. The van der Waals surface area contributed by atoms with E-state index >= 15 is 0 Å². The smallest absolute Gasteiger partial charge is 0.171 e. The molecule has 4 aromatic rings. The van der Waals surface area contributed by atoms with Crippen molar-refractivity contribution in [1.82, 2.24) is 0 Å². The number of aryl methyl sites for hydroxylation is 4. The van der Waals surface area contributed by atoms with E-state index in [4.69, 9.17) is 0 Å². The molecular formula is C28H25OP. The van der Waals surface area contributed by atoms with Crippen molar-refractivity contribution in [3.63, 3.8) is 0 Å². The molecule has 0 saturated carbocycles. The third-order valence-electron chi connectivity index (χ3n) is 6.14. The molecule has 0 fully saturated rings. The standard InChI is InChI=1S/C28H25OP/c29-30(26-7-3-1-4-8-26,27-9-5-2-6-10-27)28-21-24-16-15-22-11-13-23(14-12-22)17-19-25(28)20-18-24/h1-14,18,20-21H,15-17,19H2. The fraction of sp³-hybridized carbons (Fsp3) is 0.143. The van der Waals surface area contributed by atoms with Gasteiger partial charge < -0.3 is 4.57 Å². The van der Waals surface area contributed by atoms with Crippen LogP contribution in [0.2, 0.25) is 0 Å². The van der Waals surface area contributed by atoms with E-state index in [0.717, 1.165) is 41.6 Å². The Morgan fingerprint density at radius 2 is 0.967 bits per heavy atom. The molecule has 30 heavy (non-hydrogen) atoms. The number of hydrogen-bond acceptors (Lipinski definition) is 1. The Bertz CT molecular complexity index is 1150. The minimum atomic E-state index is -2.96. The van der Waals surface area contributed by atoms with Gasteiger partial charge in [-0.25, -0.2) is 0 Å². The fourth-order valence-electron chi connectivity index (χ4n) is 4.41. The second kappa shape index (κ2) is 8.09. The van der Waals surface area contributed by atoms with E-state index in [1.165, 1.54) is 22.3 Å². The van der Waals surface area contributed by atoms with Gasteiger partial charge in [-0.05, 0) is 54.0 Å². The van der Waals surface area contributed by atoms with Gasteiger partial charge in [0.05, 0.1) is 0 Å². The van der Waals surface area contributed by atoms with Crippen LogP contribution in [0.4, 0.5) is 0 Å². The number of hydrogen-bond donors (Lipinski definition) is 0. The molecule has 2 heteroatoms. The zero-order valence-electron chi connectivity index (χ0n) is 17.0. The van der Waals surface area contributed by atoms with E-state index in [2.05, 4.69) is 42.5 Å². The lowest BCUT2D eigenvalue weighted by atomic mass is 9.97. The third-order valence-corrected chi connectivity index (χ3v) is 9.28. The second-order valence-electron chi connectivity index (χ2n) is 8.06. The summed E-state index contributed by atoms with van der Waals surface area (Å²) in [5.74, 6) is 0.